The lowest BCUT2D eigenvalue weighted by Crippen LogP contribution is -2.50. The zero-order valence-electron chi connectivity index (χ0n) is 20.5. The summed E-state index contributed by atoms with van der Waals surface area (Å²) in [6.45, 7) is 2.85. The molecule has 0 aliphatic heterocycles. The average molecular weight is 544 g/mol. The first-order chi connectivity index (χ1) is 17.5. The number of hydrogen-bond donors (Lipinski definition) is 1. The van der Waals surface area contributed by atoms with Crippen molar-refractivity contribution in [2.45, 2.75) is 50.1 Å². The predicted molar refractivity (Wildman–Crippen MR) is 151 cm³/mol. The maximum absolute atomic E-state index is 13.6. The molecule has 3 rings (SSSR count). The van der Waals surface area contributed by atoms with Crippen LogP contribution in [0.2, 0.25) is 10.0 Å². The minimum absolute atomic E-state index is 0.0563. The van der Waals surface area contributed by atoms with Gasteiger partial charge in [0.25, 0.3) is 0 Å². The van der Waals surface area contributed by atoms with Gasteiger partial charge >= 0.3 is 0 Å². The number of thioether (sulfide) groups is 1. The zero-order valence-corrected chi connectivity index (χ0v) is 22.8. The number of nitrogens with zero attached hydrogens (tertiary/aromatic N) is 1. The van der Waals surface area contributed by atoms with Crippen LogP contribution in [0.4, 0.5) is 0 Å². The third-order valence-corrected chi connectivity index (χ3v) is 7.46. The van der Waals surface area contributed by atoms with Crippen molar-refractivity contribution in [3.05, 3.63) is 100 Å². The Labute approximate surface area is 228 Å². The summed E-state index contributed by atoms with van der Waals surface area (Å²) in [5.74, 6) is 0.592. The molecule has 1 atom stereocenters. The van der Waals surface area contributed by atoms with Gasteiger partial charge in [-0.15, -0.1) is 11.8 Å². The quantitative estimate of drug-likeness (QED) is 0.186. The molecule has 0 spiro atoms. The summed E-state index contributed by atoms with van der Waals surface area (Å²) in [6.07, 6.45) is 2.30. The van der Waals surface area contributed by atoms with Crippen molar-refractivity contribution < 1.29 is 9.59 Å². The molecule has 1 N–H and O–H groups in total. The molecule has 0 unspecified atom stereocenters. The Morgan fingerprint density at radius 1 is 0.944 bits per heavy atom. The SMILES string of the molecule is CCCNC(=O)[C@@H](Cc1ccccc1)N(Cc1ccccc1Cl)C(=O)CCCSc1ccc(Cl)cc1. The summed E-state index contributed by atoms with van der Waals surface area (Å²) in [7, 11) is 0. The van der Waals surface area contributed by atoms with E-state index >= 15 is 0 Å². The van der Waals surface area contributed by atoms with E-state index in [1.54, 1.807) is 16.7 Å². The highest BCUT2D eigenvalue weighted by Gasteiger charge is 2.30. The van der Waals surface area contributed by atoms with Gasteiger partial charge in [-0.05, 0) is 60.1 Å². The molecule has 36 heavy (non-hydrogen) atoms. The Hall–Kier alpha value is -2.47. The van der Waals surface area contributed by atoms with E-state index in [0.29, 0.717) is 35.9 Å². The normalized spacial score (nSPS) is 11.6. The number of carbonyl (C=O) groups excluding carboxylic acids is 2. The second-order valence-corrected chi connectivity index (χ2v) is 10.5. The van der Waals surface area contributed by atoms with Crippen molar-refractivity contribution in [2.75, 3.05) is 12.3 Å². The Bertz CT molecular complexity index is 1110. The summed E-state index contributed by atoms with van der Waals surface area (Å²) < 4.78 is 0. The summed E-state index contributed by atoms with van der Waals surface area (Å²) in [4.78, 5) is 29.7. The Morgan fingerprint density at radius 2 is 1.64 bits per heavy atom. The predicted octanol–water partition coefficient (Wildman–Crippen LogP) is 7.03. The van der Waals surface area contributed by atoms with Crippen LogP contribution < -0.4 is 5.32 Å². The van der Waals surface area contributed by atoms with E-state index < -0.39 is 6.04 Å². The van der Waals surface area contributed by atoms with Gasteiger partial charge in [-0.3, -0.25) is 9.59 Å². The van der Waals surface area contributed by atoms with Crippen LogP contribution in [0.25, 0.3) is 0 Å². The first kappa shape index (κ1) is 28.1. The number of amides is 2. The molecule has 0 heterocycles. The summed E-state index contributed by atoms with van der Waals surface area (Å²) in [5, 5.41) is 4.29. The highest BCUT2D eigenvalue weighted by Crippen LogP contribution is 2.24. The van der Waals surface area contributed by atoms with Gasteiger partial charge in [-0.25, -0.2) is 0 Å². The lowest BCUT2D eigenvalue weighted by molar-refractivity contribution is -0.141. The first-order valence-electron chi connectivity index (χ1n) is 12.2. The third kappa shape index (κ3) is 8.88. The Balaban J connectivity index is 1.78. The highest BCUT2D eigenvalue weighted by molar-refractivity contribution is 7.99. The molecular weight excluding hydrogens is 511 g/mol. The monoisotopic (exact) mass is 542 g/mol. The molecule has 0 aliphatic rings. The molecule has 0 saturated heterocycles. The molecule has 3 aromatic rings. The highest BCUT2D eigenvalue weighted by atomic mass is 35.5. The van der Waals surface area contributed by atoms with Crippen LogP contribution >= 0.6 is 35.0 Å². The largest absolute Gasteiger partial charge is 0.354 e. The number of rotatable bonds is 13. The van der Waals surface area contributed by atoms with Gasteiger partial charge in [0.15, 0.2) is 0 Å². The van der Waals surface area contributed by atoms with Crippen molar-refractivity contribution in [2.24, 2.45) is 0 Å². The first-order valence-corrected chi connectivity index (χ1v) is 13.9. The van der Waals surface area contributed by atoms with Gasteiger partial charge in [0.05, 0.1) is 0 Å². The van der Waals surface area contributed by atoms with Crippen molar-refractivity contribution in [3.63, 3.8) is 0 Å². The van der Waals surface area contributed by atoms with Crippen molar-refractivity contribution in [3.8, 4) is 0 Å². The minimum atomic E-state index is -0.633. The van der Waals surface area contributed by atoms with Gasteiger partial charge in [0.2, 0.25) is 11.8 Å². The Morgan fingerprint density at radius 3 is 2.33 bits per heavy atom. The minimum Gasteiger partial charge on any atom is -0.354 e. The molecule has 0 saturated carbocycles. The second kappa shape index (κ2) is 14.9. The molecule has 4 nitrogen and oxygen atoms in total. The van der Waals surface area contributed by atoms with E-state index in [-0.39, 0.29) is 18.4 Å². The van der Waals surface area contributed by atoms with Crippen LogP contribution in [0.3, 0.4) is 0 Å². The standard InChI is InChI=1S/C29H32Cl2N2O2S/c1-2-18-32-29(35)27(20-22-9-4-3-5-10-22)33(21-23-11-6-7-12-26(23)31)28(34)13-8-19-36-25-16-14-24(30)15-17-25/h3-7,9-12,14-17,27H,2,8,13,18-21H2,1H3,(H,32,35)/t27-/m1/s1. The molecule has 0 fully saturated rings. The maximum Gasteiger partial charge on any atom is 0.243 e. The molecule has 0 radical (unpaired) electrons. The Kier molecular flexibility index (Phi) is 11.7. The van der Waals surface area contributed by atoms with Gasteiger partial charge < -0.3 is 10.2 Å². The fraction of sp³-hybridized carbons (Fsp3) is 0.310. The van der Waals surface area contributed by atoms with Crippen LogP contribution in [0.1, 0.15) is 37.3 Å². The molecule has 3 aromatic carbocycles. The van der Waals surface area contributed by atoms with Crippen LogP contribution in [-0.2, 0) is 22.6 Å². The summed E-state index contributed by atoms with van der Waals surface area (Å²) in [6, 6.07) is 24.3. The third-order valence-electron chi connectivity index (χ3n) is 5.74. The molecule has 0 aromatic heterocycles. The second-order valence-electron chi connectivity index (χ2n) is 8.52. The number of benzene rings is 3. The lowest BCUT2D eigenvalue weighted by Gasteiger charge is -2.32. The molecule has 190 valence electrons. The van der Waals surface area contributed by atoms with E-state index in [9.17, 15) is 9.59 Å². The molecule has 7 heteroatoms. The molecule has 0 bridgehead atoms. The van der Waals surface area contributed by atoms with Crippen molar-refractivity contribution in [1.82, 2.24) is 10.2 Å². The van der Waals surface area contributed by atoms with Gasteiger partial charge in [0, 0.05) is 40.9 Å². The average Bonchev–Trinajstić information content (AvgIpc) is 2.89. The summed E-state index contributed by atoms with van der Waals surface area (Å²) >= 11 is 14.1. The lowest BCUT2D eigenvalue weighted by atomic mass is 10.0. The van der Waals surface area contributed by atoms with E-state index in [2.05, 4.69) is 5.32 Å². The van der Waals surface area contributed by atoms with Gasteiger partial charge in [0.1, 0.15) is 6.04 Å². The van der Waals surface area contributed by atoms with E-state index in [0.717, 1.165) is 28.2 Å². The zero-order chi connectivity index (χ0) is 25.8. The number of nitrogens with one attached hydrogen (secondary N) is 1. The fourth-order valence-corrected chi connectivity index (χ4v) is 4.99. The van der Waals surface area contributed by atoms with Crippen molar-refractivity contribution in [1.29, 1.82) is 0 Å². The number of halogens is 2. The van der Waals surface area contributed by atoms with E-state index in [1.165, 1.54) is 0 Å². The van der Waals surface area contributed by atoms with Crippen LogP contribution in [0, 0.1) is 0 Å². The maximum atomic E-state index is 13.6. The summed E-state index contributed by atoms with van der Waals surface area (Å²) in [5.41, 5.74) is 1.83. The molecule has 0 aliphatic carbocycles. The van der Waals surface area contributed by atoms with E-state index in [4.69, 9.17) is 23.2 Å². The molecule has 2 amide bonds. The van der Waals surface area contributed by atoms with Crippen molar-refractivity contribution >= 4 is 46.8 Å². The smallest absolute Gasteiger partial charge is 0.243 e. The van der Waals surface area contributed by atoms with E-state index in [1.807, 2.05) is 85.8 Å². The van der Waals surface area contributed by atoms with Crippen LogP contribution in [0.15, 0.2) is 83.8 Å². The molecular formula is C29H32Cl2N2O2S. The number of carbonyl (C=O) groups is 2. The number of hydrogen-bond acceptors (Lipinski definition) is 3. The van der Waals surface area contributed by atoms with Crippen LogP contribution in [-0.4, -0.2) is 35.1 Å². The fourth-order valence-electron chi connectivity index (χ4n) is 3.82. The topological polar surface area (TPSA) is 49.4 Å². The van der Waals surface area contributed by atoms with Gasteiger partial charge in [-0.2, -0.15) is 0 Å². The van der Waals surface area contributed by atoms with Crippen LogP contribution in [0.5, 0.6) is 0 Å². The van der Waals surface area contributed by atoms with Gasteiger partial charge in [-0.1, -0.05) is 78.7 Å².